The zero-order valence-electron chi connectivity index (χ0n) is 55.5. The number of esters is 3. The zero-order valence-corrected chi connectivity index (χ0v) is 55.5. The SMILES string of the molecule is CCCCC/C=C\C/C=C\CCCCCCCCCCCC(=O)OC(COC(=O)CCCCCCCCCCCCCCCCCC)COC(=O)CCCCCCCCCCCCCCCCCCC/C=C\CCCCCCCCCC. The van der Waals surface area contributed by atoms with Crippen LogP contribution >= 0.6 is 0 Å². The summed E-state index contributed by atoms with van der Waals surface area (Å²) in [7, 11) is 0. The minimum atomic E-state index is -0.773. The molecule has 0 aromatic rings. The number of carbonyl (C=O) groups excluding carboxylic acids is 3. The standard InChI is InChI=1S/C76H142O6/c1-4-7-10-13-16-19-22-25-28-31-33-34-35-36-37-38-39-40-41-42-44-45-48-51-54-57-60-63-66-69-75(78)81-72-73(71-80-74(77)68-65-62-59-56-53-50-47-30-27-24-21-18-15-12-9-6-3)82-76(79)70-67-64-61-58-55-52-49-46-43-32-29-26-23-20-17-14-11-8-5-2/h17,20,26,29,31,33,73H,4-16,18-19,21-25,27-28,30,32,34-72H2,1-3H3/b20-17-,29-26-,33-31-. The number of carbonyl (C=O) groups is 3. The molecule has 0 N–H and O–H groups in total. The summed E-state index contributed by atoms with van der Waals surface area (Å²) >= 11 is 0. The number of hydrogen-bond donors (Lipinski definition) is 0. The molecule has 0 aliphatic carbocycles. The molecule has 0 spiro atoms. The smallest absolute Gasteiger partial charge is 0.306 e. The molecule has 6 nitrogen and oxygen atoms in total. The average Bonchev–Trinajstić information content (AvgIpc) is 3.47. The van der Waals surface area contributed by atoms with Crippen molar-refractivity contribution in [3.63, 3.8) is 0 Å². The molecule has 0 aromatic carbocycles. The van der Waals surface area contributed by atoms with Crippen molar-refractivity contribution in [3.05, 3.63) is 36.5 Å². The molecule has 0 radical (unpaired) electrons. The van der Waals surface area contributed by atoms with Gasteiger partial charge in [-0.2, -0.15) is 0 Å². The maximum absolute atomic E-state index is 13.0. The van der Waals surface area contributed by atoms with Gasteiger partial charge in [0, 0.05) is 19.3 Å². The molecule has 0 fully saturated rings. The van der Waals surface area contributed by atoms with Crippen LogP contribution in [0.3, 0.4) is 0 Å². The van der Waals surface area contributed by atoms with E-state index in [9.17, 15) is 14.4 Å². The molecule has 0 rings (SSSR count). The van der Waals surface area contributed by atoms with Gasteiger partial charge in [0.15, 0.2) is 6.10 Å². The van der Waals surface area contributed by atoms with Gasteiger partial charge < -0.3 is 14.2 Å². The van der Waals surface area contributed by atoms with Gasteiger partial charge >= 0.3 is 17.9 Å². The minimum Gasteiger partial charge on any atom is -0.462 e. The molecule has 0 saturated carbocycles. The van der Waals surface area contributed by atoms with Gasteiger partial charge in [-0.25, -0.2) is 0 Å². The molecule has 0 bridgehead atoms. The lowest BCUT2D eigenvalue weighted by Crippen LogP contribution is -2.30. The Morgan fingerprint density at radius 2 is 0.439 bits per heavy atom. The molecular weight excluding hydrogens is 1010 g/mol. The lowest BCUT2D eigenvalue weighted by molar-refractivity contribution is -0.167. The Kier molecular flexibility index (Phi) is 69.1. The van der Waals surface area contributed by atoms with Gasteiger partial charge in [0.05, 0.1) is 0 Å². The maximum atomic E-state index is 13.0. The van der Waals surface area contributed by atoms with Gasteiger partial charge in [-0.15, -0.1) is 0 Å². The molecule has 0 aliphatic rings. The number of hydrogen-bond acceptors (Lipinski definition) is 6. The fourth-order valence-electron chi connectivity index (χ4n) is 11.3. The Morgan fingerprint density at radius 1 is 0.244 bits per heavy atom. The molecule has 1 unspecified atom stereocenters. The predicted molar refractivity (Wildman–Crippen MR) is 358 cm³/mol. The molecule has 0 aliphatic heterocycles. The van der Waals surface area contributed by atoms with Crippen LogP contribution in [0.15, 0.2) is 36.5 Å². The lowest BCUT2D eigenvalue weighted by atomic mass is 10.0. The first-order valence-electron chi connectivity index (χ1n) is 37.0. The number of ether oxygens (including phenoxy) is 3. The first-order chi connectivity index (χ1) is 40.5. The van der Waals surface area contributed by atoms with Crippen LogP contribution in [0.2, 0.25) is 0 Å². The molecular formula is C76H142O6. The predicted octanol–water partition coefficient (Wildman–Crippen LogP) is 25.5. The van der Waals surface area contributed by atoms with Crippen LogP contribution in [0, 0.1) is 0 Å². The van der Waals surface area contributed by atoms with Crippen molar-refractivity contribution in [1.29, 1.82) is 0 Å². The summed E-state index contributed by atoms with van der Waals surface area (Å²) in [5, 5.41) is 0. The Morgan fingerprint density at radius 3 is 0.707 bits per heavy atom. The quantitative estimate of drug-likeness (QED) is 0.0261. The minimum absolute atomic E-state index is 0.0679. The first kappa shape index (κ1) is 79.6. The highest BCUT2D eigenvalue weighted by molar-refractivity contribution is 5.71. The Labute approximate surface area is 512 Å². The normalized spacial score (nSPS) is 12.2. The van der Waals surface area contributed by atoms with Crippen LogP contribution in [0.5, 0.6) is 0 Å². The van der Waals surface area contributed by atoms with Gasteiger partial charge in [-0.05, 0) is 77.0 Å². The molecule has 82 heavy (non-hydrogen) atoms. The highest BCUT2D eigenvalue weighted by atomic mass is 16.6. The summed E-state index contributed by atoms with van der Waals surface area (Å²) in [6.45, 7) is 6.69. The monoisotopic (exact) mass is 1150 g/mol. The van der Waals surface area contributed by atoms with Crippen molar-refractivity contribution in [2.45, 2.75) is 419 Å². The van der Waals surface area contributed by atoms with E-state index in [1.807, 2.05) is 0 Å². The molecule has 0 heterocycles. The first-order valence-corrected chi connectivity index (χ1v) is 37.0. The summed E-state index contributed by atoms with van der Waals surface area (Å²) in [4.78, 5) is 38.5. The Bertz CT molecular complexity index is 1370. The van der Waals surface area contributed by atoms with E-state index in [2.05, 4.69) is 57.2 Å². The fourth-order valence-corrected chi connectivity index (χ4v) is 11.3. The van der Waals surface area contributed by atoms with Gasteiger partial charge in [-0.1, -0.05) is 353 Å². The third-order valence-electron chi connectivity index (χ3n) is 16.9. The van der Waals surface area contributed by atoms with Crippen LogP contribution < -0.4 is 0 Å². The van der Waals surface area contributed by atoms with Crippen LogP contribution in [0.4, 0.5) is 0 Å². The molecule has 0 aromatic heterocycles. The molecule has 0 saturated heterocycles. The van der Waals surface area contributed by atoms with Crippen molar-refractivity contribution < 1.29 is 28.6 Å². The van der Waals surface area contributed by atoms with Crippen LogP contribution in [-0.2, 0) is 28.6 Å². The Hall–Kier alpha value is -2.37. The molecule has 6 heteroatoms. The van der Waals surface area contributed by atoms with Gasteiger partial charge in [0.1, 0.15) is 13.2 Å². The van der Waals surface area contributed by atoms with E-state index >= 15 is 0 Å². The van der Waals surface area contributed by atoms with E-state index in [4.69, 9.17) is 14.2 Å². The van der Waals surface area contributed by atoms with Crippen molar-refractivity contribution in [1.82, 2.24) is 0 Å². The van der Waals surface area contributed by atoms with E-state index < -0.39 is 6.10 Å². The molecule has 0 amide bonds. The van der Waals surface area contributed by atoms with E-state index in [-0.39, 0.29) is 31.1 Å². The van der Waals surface area contributed by atoms with Crippen molar-refractivity contribution >= 4 is 17.9 Å². The Balaban J connectivity index is 4.22. The van der Waals surface area contributed by atoms with Crippen LogP contribution in [0.1, 0.15) is 412 Å². The maximum Gasteiger partial charge on any atom is 0.306 e. The second-order valence-electron chi connectivity index (χ2n) is 25.2. The van der Waals surface area contributed by atoms with Gasteiger partial charge in [-0.3, -0.25) is 14.4 Å². The fraction of sp³-hybridized carbons (Fsp3) is 0.882. The van der Waals surface area contributed by atoms with Crippen molar-refractivity contribution in [2.24, 2.45) is 0 Å². The summed E-state index contributed by atoms with van der Waals surface area (Å²) in [5.74, 6) is -0.839. The lowest BCUT2D eigenvalue weighted by Gasteiger charge is -2.18. The molecule has 1 atom stereocenters. The van der Waals surface area contributed by atoms with Gasteiger partial charge in [0.25, 0.3) is 0 Å². The third kappa shape index (κ3) is 68.4. The highest BCUT2D eigenvalue weighted by Crippen LogP contribution is 2.19. The summed E-state index contributed by atoms with van der Waals surface area (Å²) in [6.07, 6.45) is 89.0. The zero-order chi connectivity index (χ0) is 59.2. The topological polar surface area (TPSA) is 78.9 Å². The average molecular weight is 1150 g/mol. The largest absolute Gasteiger partial charge is 0.462 e. The molecule has 482 valence electrons. The summed E-state index contributed by atoms with van der Waals surface area (Å²) in [6, 6.07) is 0. The second kappa shape index (κ2) is 71.1. The second-order valence-corrected chi connectivity index (χ2v) is 25.2. The highest BCUT2D eigenvalue weighted by Gasteiger charge is 2.20. The van der Waals surface area contributed by atoms with E-state index in [1.165, 1.54) is 308 Å². The number of unbranched alkanes of at least 4 members (excludes halogenated alkanes) is 52. The van der Waals surface area contributed by atoms with E-state index in [0.717, 1.165) is 64.2 Å². The summed E-state index contributed by atoms with van der Waals surface area (Å²) in [5.41, 5.74) is 0. The number of allylic oxidation sites excluding steroid dienone is 6. The van der Waals surface area contributed by atoms with Crippen LogP contribution in [0.25, 0.3) is 0 Å². The van der Waals surface area contributed by atoms with Gasteiger partial charge in [0.2, 0.25) is 0 Å². The van der Waals surface area contributed by atoms with Crippen LogP contribution in [-0.4, -0.2) is 37.2 Å². The van der Waals surface area contributed by atoms with E-state index in [1.54, 1.807) is 0 Å². The van der Waals surface area contributed by atoms with Crippen molar-refractivity contribution in [2.75, 3.05) is 13.2 Å². The number of rotatable bonds is 69. The van der Waals surface area contributed by atoms with Crippen molar-refractivity contribution in [3.8, 4) is 0 Å². The summed E-state index contributed by atoms with van der Waals surface area (Å²) < 4.78 is 17.0. The van der Waals surface area contributed by atoms with E-state index in [0.29, 0.717) is 19.3 Å². The third-order valence-corrected chi connectivity index (χ3v) is 16.9.